The Bertz CT molecular complexity index is 480. The van der Waals surface area contributed by atoms with Crippen LogP contribution in [0, 0.1) is 16.0 Å². The summed E-state index contributed by atoms with van der Waals surface area (Å²) in [5, 5.41) is 14.0. The van der Waals surface area contributed by atoms with Gasteiger partial charge in [0.2, 0.25) is 0 Å². The molecule has 2 fully saturated rings. The zero-order chi connectivity index (χ0) is 15.4. The zero-order valence-electron chi connectivity index (χ0n) is 12.6. The van der Waals surface area contributed by atoms with Gasteiger partial charge in [0.05, 0.1) is 11.5 Å². The normalized spacial score (nSPS) is 23.5. The molecule has 1 N–H and O–H groups in total. The van der Waals surface area contributed by atoms with Gasteiger partial charge >= 0.3 is 0 Å². The average molecular weight is 306 g/mol. The fourth-order valence-electron chi connectivity index (χ4n) is 3.33. The molecular formula is C15H22N4O3. The average Bonchev–Trinajstić information content (AvgIpc) is 3.22. The number of likely N-dealkylation sites (tertiary alicyclic amines) is 1. The fraction of sp³-hybridized carbons (Fsp3) is 0.667. The SMILES string of the molecule is O=[N+]([O-])c1ccc(NCC(C2CCOC2)N2CCCC2)nc1. The molecule has 2 atom stereocenters. The van der Waals surface area contributed by atoms with E-state index in [-0.39, 0.29) is 5.69 Å². The monoisotopic (exact) mass is 306 g/mol. The number of anilines is 1. The van der Waals surface area contributed by atoms with E-state index in [2.05, 4.69) is 15.2 Å². The molecule has 0 aliphatic carbocycles. The van der Waals surface area contributed by atoms with E-state index in [4.69, 9.17) is 4.74 Å². The first-order valence-corrected chi connectivity index (χ1v) is 7.90. The van der Waals surface area contributed by atoms with E-state index in [0.29, 0.717) is 17.8 Å². The minimum Gasteiger partial charge on any atom is -0.381 e. The second-order valence-corrected chi connectivity index (χ2v) is 5.97. The van der Waals surface area contributed by atoms with Crippen molar-refractivity contribution in [3.63, 3.8) is 0 Å². The highest BCUT2D eigenvalue weighted by molar-refractivity contribution is 5.40. The Morgan fingerprint density at radius 1 is 1.45 bits per heavy atom. The molecule has 2 aliphatic rings. The first-order chi connectivity index (χ1) is 10.7. The number of hydrogen-bond acceptors (Lipinski definition) is 6. The predicted octanol–water partition coefficient (Wildman–Crippen LogP) is 1.90. The molecule has 2 saturated heterocycles. The Labute approximate surface area is 129 Å². The number of nitro groups is 1. The lowest BCUT2D eigenvalue weighted by Gasteiger charge is -2.32. The van der Waals surface area contributed by atoms with Gasteiger partial charge in [-0.3, -0.25) is 15.0 Å². The van der Waals surface area contributed by atoms with Crippen LogP contribution in [0.2, 0.25) is 0 Å². The van der Waals surface area contributed by atoms with Gasteiger partial charge in [-0.15, -0.1) is 0 Å². The quantitative estimate of drug-likeness (QED) is 0.638. The van der Waals surface area contributed by atoms with Crippen LogP contribution in [-0.2, 0) is 4.74 Å². The lowest BCUT2D eigenvalue weighted by atomic mass is 9.97. The molecule has 0 amide bonds. The van der Waals surface area contributed by atoms with Crippen LogP contribution in [0.1, 0.15) is 19.3 Å². The number of aromatic nitrogens is 1. The maximum atomic E-state index is 10.7. The molecule has 3 rings (SSSR count). The van der Waals surface area contributed by atoms with Crippen molar-refractivity contribution in [3.8, 4) is 0 Å². The third kappa shape index (κ3) is 3.53. The number of hydrogen-bond donors (Lipinski definition) is 1. The molecule has 0 spiro atoms. The molecule has 120 valence electrons. The topological polar surface area (TPSA) is 80.5 Å². The summed E-state index contributed by atoms with van der Waals surface area (Å²) in [7, 11) is 0. The van der Waals surface area contributed by atoms with Crippen molar-refractivity contribution in [2.24, 2.45) is 5.92 Å². The Hall–Kier alpha value is -1.73. The fourth-order valence-corrected chi connectivity index (χ4v) is 3.33. The van der Waals surface area contributed by atoms with E-state index in [0.717, 1.165) is 39.3 Å². The highest BCUT2D eigenvalue weighted by Gasteiger charge is 2.31. The molecule has 0 bridgehead atoms. The van der Waals surface area contributed by atoms with Crippen molar-refractivity contribution in [1.29, 1.82) is 0 Å². The smallest absolute Gasteiger partial charge is 0.287 e. The number of rotatable bonds is 6. The Balaban J connectivity index is 1.61. The van der Waals surface area contributed by atoms with Gasteiger partial charge in [0.1, 0.15) is 12.0 Å². The van der Waals surface area contributed by atoms with E-state index in [1.165, 1.54) is 25.1 Å². The van der Waals surface area contributed by atoms with Crippen molar-refractivity contribution < 1.29 is 9.66 Å². The van der Waals surface area contributed by atoms with Gasteiger partial charge in [-0.2, -0.15) is 0 Å². The van der Waals surface area contributed by atoms with Crippen molar-refractivity contribution >= 4 is 11.5 Å². The first kappa shape index (κ1) is 15.2. The van der Waals surface area contributed by atoms with E-state index >= 15 is 0 Å². The zero-order valence-corrected chi connectivity index (χ0v) is 12.6. The molecule has 2 unspecified atom stereocenters. The van der Waals surface area contributed by atoms with Gasteiger partial charge in [0.15, 0.2) is 0 Å². The molecule has 7 nitrogen and oxygen atoms in total. The summed E-state index contributed by atoms with van der Waals surface area (Å²) >= 11 is 0. The first-order valence-electron chi connectivity index (χ1n) is 7.90. The predicted molar refractivity (Wildman–Crippen MR) is 82.9 cm³/mol. The summed E-state index contributed by atoms with van der Waals surface area (Å²) in [6.45, 7) is 4.78. The minimum atomic E-state index is -0.431. The lowest BCUT2D eigenvalue weighted by Crippen LogP contribution is -2.44. The van der Waals surface area contributed by atoms with Crippen LogP contribution in [0.4, 0.5) is 11.5 Å². The number of pyridine rings is 1. The Morgan fingerprint density at radius 2 is 2.27 bits per heavy atom. The third-order valence-electron chi connectivity index (χ3n) is 4.57. The van der Waals surface area contributed by atoms with Gasteiger partial charge in [0, 0.05) is 31.2 Å². The number of nitrogens with one attached hydrogen (secondary N) is 1. The molecule has 1 aromatic heterocycles. The second kappa shape index (κ2) is 7.02. The standard InChI is InChI=1S/C15H22N4O3/c20-19(21)13-3-4-15(16-9-13)17-10-14(12-5-8-22-11-12)18-6-1-2-7-18/h3-4,9,12,14H,1-2,5-8,10-11H2,(H,16,17). The van der Waals surface area contributed by atoms with Crippen LogP contribution in [0.25, 0.3) is 0 Å². The molecule has 0 aromatic carbocycles. The van der Waals surface area contributed by atoms with Gasteiger partial charge < -0.3 is 10.1 Å². The van der Waals surface area contributed by atoms with Gasteiger partial charge in [-0.25, -0.2) is 4.98 Å². The van der Waals surface area contributed by atoms with Crippen LogP contribution in [-0.4, -0.2) is 53.7 Å². The summed E-state index contributed by atoms with van der Waals surface area (Å²) in [5.41, 5.74) is 0.0193. The summed E-state index contributed by atoms with van der Waals surface area (Å²) in [6.07, 6.45) is 4.93. The van der Waals surface area contributed by atoms with Crippen LogP contribution < -0.4 is 5.32 Å². The van der Waals surface area contributed by atoms with Crippen LogP contribution in [0.5, 0.6) is 0 Å². The summed E-state index contributed by atoms with van der Waals surface area (Å²) in [4.78, 5) is 16.9. The molecule has 22 heavy (non-hydrogen) atoms. The van der Waals surface area contributed by atoms with Crippen molar-refractivity contribution in [2.75, 3.05) is 38.2 Å². The van der Waals surface area contributed by atoms with Crippen molar-refractivity contribution in [3.05, 3.63) is 28.4 Å². The largest absolute Gasteiger partial charge is 0.381 e. The minimum absolute atomic E-state index is 0.0193. The lowest BCUT2D eigenvalue weighted by molar-refractivity contribution is -0.385. The molecule has 3 heterocycles. The van der Waals surface area contributed by atoms with Crippen LogP contribution >= 0.6 is 0 Å². The number of ether oxygens (including phenoxy) is 1. The maximum Gasteiger partial charge on any atom is 0.287 e. The van der Waals surface area contributed by atoms with Gasteiger partial charge in [0.25, 0.3) is 5.69 Å². The highest BCUT2D eigenvalue weighted by atomic mass is 16.6. The van der Waals surface area contributed by atoms with Crippen molar-refractivity contribution in [1.82, 2.24) is 9.88 Å². The van der Waals surface area contributed by atoms with Crippen LogP contribution in [0.3, 0.4) is 0 Å². The summed E-state index contributed by atoms with van der Waals surface area (Å²) in [5.74, 6) is 1.25. The molecule has 1 aromatic rings. The van der Waals surface area contributed by atoms with E-state index in [9.17, 15) is 10.1 Å². The molecular weight excluding hydrogens is 284 g/mol. The van der Waals surface area contributed by atoms with E-state index in [1.807, 2.05) is 0 Å². The van der Waals surface area contributed by atoms with E-state index in [1.54, 1.807) is 6.07 Å². The summed E-state index contributed by atoms with van der Waals surface area (Å²) < 4.78 is 5.55. The highest BCUT2D eigenvalue weighted by Crippen LogP contribution is 2.25. The number of nitrogens with zero attached hydrogens (tertiary/aromatic N) is 3. The Morgan fingerprint density at radius 3 is 2.86 bits per heavy atom. The summed E-state index contributed by atoms with van der Waals surface area (Å²) in [6, 6.07) is 3.60. The molecule has 2 aliphatic heterocycles. The molecule has 7 heteroatoms. The second-order valence-electron chi connectivity index (χ2n) is 5.97. The van der Waals surface area contributed by atoms with E-state index < -0.39 is 4.92 Å². The van der Waals surface area contributed by atoms with Crippen LogP contribution in [0.15, 0.2) is 18.3 Å². The van der Waals surface area contributed by atoms with Gasteiger partial charge in [-0.1, -0.05) is 0 Å². The molecule has 0 radical (unpaired) electrons. The van der Waals surface area contributed by atoms with Gasteiger partial charge in [-0.05, 0) is 38.4 Å². The Kier molecular flexibility index (Phi) is 4.84. The maximum absolute atomic E-state index is 10.7. The molecule has 0 saturated carbocycles. The van der Waals surface area contributed by atoms with Crippen molar-refractivity contribution in [2.45, 2.75) is 25.3 Å². The third-order valence-corrected chi connectivity index (χ3v) is 4.57.